The van der Waals surface area contributed by atoms with Gasteiger partial charge in [0.1, 0.15) is 10.8 Å². The molecular weight excluding hydrogens is 378 g/mol. The smallest absolute Gasteiger partial charge is 0.278 e. The van der Waals surface area contributed by atoms with Crippen molar-refractivity contribution >= 4 is 51.3 Å². The Morgan fingerprint density at radius 2 is 2.12 bits per heavy atom. The van der Waals surface area contributed by atoms with Gasteiger partial charge in [0.05, 0.1) is 11.3 Å². The molecule has 0 spiro atoms. The number of benzene rings is 1. The molecule has 1 unspecified atom stereocenters. The maximum absolute atomic E-state index is 12.8. The van der Waals surface area contributed by atoms with Crippen LogP contribution < -0.4 is 21.1 Å². The number of carbonyl (C=O) groups excluding carboxylic acids is 3. The molecule has 1 aromatic heterocycles. The van der Waals surface area contributed by atoms with Crippen LogP contribution in [0.5, 0.6) is 5.75 Å². The van der Waals surface area contributed by atoms with E-state index in [1.807, 2.05) is 6.92 Å². The SMILES string of the molecule is CCc1cc(C(N)=O)c(NC(=O)C2(C)Oc3ccc(Cl)cc3NC2=O)s1. The quantitative estimate of drug-likeness (QED) is 0.693. The molecule has 9 heteroatoms. The summed E-state index contributed by atoms with van der Waals surface area (Å²) >= 11 is 7.13. The number of hydrogen-bond donors (Lipinski definition) is 3. The maximum Gasteiger partial charge on any atom is 0.278 e. The van der Waals surface area contributed by atoms with Gasteiger partial charge < -0.3 is 21.1 Å². The Hall–Kier alpha value is -2.58. The molecule has 3 rings (SSSR count). The summed E-state index contributed by atoms with van der Waals surface area (Å²) in [6.07, 6.45) is 0.684. The second kappa shape index (κ2) is 6.62. The highest BCUT2D eigenvalue weighted by Crippen LogP contribution is 2.37. The molecular formula is C17H16ClN3O4S. The second-order valence-electron chi connectivity index (χ2n) is 5.86. The summed E-state index contributed by atoms with van der Waals surface area (Å²) in [4.78, 5) is 37.7. The van der Waals surface area contributed by atoms with Crippen molar-refractivity contribution in [2.75, 3.05) is 10.6 Å². The fraction of sp³-hybridized carbons (Fsp3) is 0.235. The molecule has 1 aromatic carbocycles. The number of carbonyl (C=O) groups is 3. The van der Waals surface area contributed by atoms with Crippen molar-refractivity contribution in [1.29, 1.82) is 0 Å². The third-order valence-electron chi connectivity index (χ3n) is 3.99. The number of nitrogens with one attached hydrogen (secondary N) is 2. The summed E-state index contributed by atoms with van der Waals surface area (Å²) < 4.78 is 5.66. The molecule has 0 radical (unpaired) electrons. The van der Waals surface area contributed by atoms with Crippen LogP contribution in [-0.4, -0.2) is 23.3 Å². The van der Waals surface area contributed by atoms with Crippen molar-refractivity contribution in [3.8, 4) is 5.75 Å². The van der Waals surface area contributed by atoms with Gasteiger partial charge in [-0.2, -0.15) is 0 Å². The van der Waals surface area contributed by atoms with Crippen LogP contribution in [0.15, 0.2) is 24.3 Å². The Labute approximate surface area is 158 Å². The first-order valence-corrected chi connectivity index (χ1v) is 8.98. The summed E-state index contributed by atoms with van der Waals surface area (Å²) in [7, 11) is 0. The van der Waals surface area contributed by atoms with E-state index in [1.54, 1.807) is 18.2 Å². The Morgan fingerprint density at radius 1 is 1.38 bits per heavy atom. The molecule has 3 amide bonds. The van der Waals surface area contributed by atoms with Gasteiger partial charge in [0.15, 0.2) is 0 Å². The van der Waals surface area contributed by atoms with E-state index in [2.05, 4.69) is 10.6 Å². The Bertz CT molecular complexity index is 927. The highest BCUT2D eigenvalue weighted by molar-refractivity contribution is 7.16. The average molecular weight is 394 g/mol. The zero-order valence-corrected chi connectivity index (χ0v) is 15.6. The normalized spacial score (nSPS) is 18.5. The molecule has 26 heavy (non-hydrogen) atoms. The van der Waals surface area contributed by atoms with Crippen molar-refractivity contribution in [3.63, 3.8) is 0 Å². The third-order valence-corrected chi connectivity index (χ3v) is 5.42. The van der Waals surface area contributed by atoms with Crippen LogP contribution in [0.25, 0.3) is 0 Å². The molecule has 1 aliphatic rings. The number of fused-ring (bicyclic) bond motifs is 1. The van der Waals surface area contributed by atoms with Crippen molar-refractivity contribution in [2.45, 2.75) is 25.9 Å². The van der Waals surface area contributed by atoms with Gasteiger partial charge in [-0.3, -0.25) is 14.4 Å². The highest BCUT2D eigenvalue weighted by atomic mass is 35.5. The highest BCUT2D eigenvalue weighted by Gasteiger charge is 2.47. The molecule has 2 heterocycles. The van der Waals surface area contributed by atoms with Crippen LogP contribution in [0, 0.1) is 0 Å². The van der Waals surface area contributed by atoms with E-state index in [0.717, 1.165) is 4.88 Å². The number of aryl methyl sites for hydroxylation is 1. The summed E-state index contributed by atoms with van der Waals surface area (Å²) in [5, 5.41) is 5.93. The Balaban J connectivity index is 1.90. The monoisotopic (exact) mass is 393 g/mol. The molecule has 0 aliphatic carbocycles. The van der Waals surface area contributed by atoms with E-state index < -0.39 is 23.3 Å². The largest absolute Gasteiger partial charge is 0.466 e. The molecule has 0 saturated heterocycles. The van der Waals surface area contributed by atoms with Crippen LogP contribution in [0.3, 0.4) is 0 Å². The fourth-order valence-electron chi connectivity index (χ4n) is 2.46. The van der Waals surface area contributed by atoms with Crippen molar-refractivity contribution in [2.24, 2.45) is 5.73 Å². The predicted molar refractivity (Wildman–Crippen MR) is 100.0 cm³/mol. The molecule has 1 aliphatic heterocycles. The zero-order valence-electron chi connectivity index (χ0n) is 14.0. The first-order chi connectivity index (χ1) is 12.2. The molecule has 136 valence electrons. The molecule has 4 N–H and O–H groups in total. The van der Waals surface area contributed by atoms with Crippen LogP contribution in [0.1, 0.15) is 29.1 Å². The molecule has 0 saturated carbocycles. The second-order valence-corrected chi connectivity index (χ2v) is 7.43. The maximum atomic E-state index is 12.8. The van der Waals surface area contributed by atoms with Gasteiger partial charge in [0.25, 0.3) is 23.3 Å². The van der Waals surface area contributed by atoms with Gasteiger partial charge in [-0.1, -0.05) is 18.5 Å². The van der Waals surface area contributed by atoms with Crippen LogP contribution in [0.2, 0.25) is 5.02 Å². The topological polar surface area (TPSA) is 111 Å². The summed E-state index contributed by atoms with van der Waals surface area (Å²) in [5.41, 5.74) is 4.14. The summed E-state index contributed by atoms with van der Waals surface area (Å²) in [5.74, 6) is -1.68. The first-order valence-electron chi connectivity index (χ1n) is 7.78. The van der Waals surface area contributed by atoms with E-state index in [0.29, 0.717) is 27.9 Å². The molecule has 0 bridgehead atoms. The lowest BCUT2D eigenvalue weighted by Gasteiger charge is -2.33. The van der Waals surface area contributed by atoms with Gasteiger partial charge in [0, 0.05) is 9.90 Å². The average Bonchev–Trinajstić information content (AvgIpc) is 2.99. The number of nitrogens with two attached hydrogens (primary N) is 1. The van der Waals surface area contributed by atoms with Crippen molar-refractivity contribution in [3.05, 3.63) is 39.7 Å². The van der Waals surface area contributed by atoms with Gasteiger partial charge in [-0.25, -0.2) is 0 Å². The first kappa shape index (κ1) is 18.2. The summed E-state index contributed by atoms with van der Waals surface area (Å²) in [6.45, 7) is 3.27. The van der Waals surface area contributed by atoms with E-state index in [1.165, 1.54) is 24.3 Å². The summed E-state index contributed by atoms with van der Waals surface area (Å²) in [6, 6.07) is 6.32. The van der Waals surface area contributed by atoms with Gasteiger partial charge in [-0.05, 0) is 37.6 Å². The minimum absolute atomic E-state index is 0.201. The third kappa shape index (κ3) is 3.13. The number of thiophene rings is 1. The van der Waals surface area contributed by atoms with Gasteiger partial charge in [-0.15, -0.1) is 11.3 Å². The number of ether oxygens (including phenoxy) is 1. The number of hydrogen-bond acceptors (Lipinski definition) is 5. The van der Waals surface area contributed by atoms with E-state index in [9.17, 15) is 14.4 Å². The Kier molecular flexibility index (Phi) is 4.64. The van der Waals surface area contributed by atoms with E-state index >= 15 is 0 Å². The number of anilines is 2. The van der Waals surface area contributed by atoms with Crippen molar-refractivity contribution < 1.29 is 19.1 Å². The lowest BCUT2D eigenvalue weighted by molar-refractivity contribution is -0.143. The lowest BCUT2D eigenvalue weighted by Crippen LogP contribution is -2.56. The number of rotatable bonds is 4. The van der Waals surface area contributed by atoms with Gasteiger partial charge in [0.2, 0.25) is 0 Å². The molecule has 7 nitrogen and oxygen atoms in total. The van der Waals surface area contributed by atoms with Crippen molar-refractivity contribution in [1.82, 2.24) is 0 Å². The molecule has 1 atom stereocenters. The fourth-order valence-corrected chi connectivity index (χ4v) is 3.63. The minimum Gasteiger partial charge on any atom is -0.466 e. The molecule has 0 fully saturated rings. The predicted octanol–water partition coefficient (Wildman–Crippen LogP) is 2.79. The Morgan fingerprint density at radius 3 is 2.77 bits per heavy atom. The number of amides is 3. The standard InChI is InChI=1S/C17H16ClN3O4S/c1-3-9-7-10(13(19)22)14(26-9)21-16(24)17(2)15(23)20-11-6-8(18)4-5-12(11)25-17/h4-7H,3H2,1-2H3,(H2,19,22)(H,20,23)(H,21,24). The lowest BCUT2D eigenvalue weighted by atomic mass is 10.0. The van der Waals surface area contributed by atoms with Crippen LogP contribution in [-0.2, 0) is 16.0 Å². The van der Waals surface area contributed by atoms with Gasteiger partial charge >= 0.3 is 0 Å². The van der Waals surface area contributed by atoms with E-state index in [-0.39, 0.29) is 5.56 Å². The number of primary amides is 1. The van der Waals surface area contributed by atoms with Crippen LogP contribution in [0.4, 0.5) is 10.7 Å². The van der Waals surface area contributed by atoms with E-state index in [4.69, 9.17) is 22.1 Å². The minimum atomic E-state index is -1.81. The number of halogens is 1. The van der Waals surface area contributed by atoms with Crippen LogP contribution >= 0.6 is 22.9 Å². The zero-order chi connectivity index (χ0) is 19.1. The molecule has 2 aromatic rings.